The van der Waals surface area contributed by atoms with Gasteiger partial charge in [-0.1, -0.05) is 39.0 Å². The zero-order valence-corrected chi connectivity index (χ0v) is 20.5. The first-order valence-electron chi connectivity index (χ1n) is 10.7. The molecule has 0 radical (unpaired) electrons. The molecule has 2 aromatic rings. The summed E-state index contributed by atoms with van der Waals surface area (Å²) in [5.41, 5.74) is -1.18. The van der Waals surface area contributed by atoms with Crippen LogP contribution in [-0.4, -0.2) is 49.8 Å². The molecule has 2 heterocycles. The molecular weight excluding hydrogens is 428 g/mol. The lowest BCUT2D eigenvalue weighted by molar-refractivity contribution is 0.00356. The van der Waals surface area contributed by atoms with Crippen LogP contribution in [0.5, 0.6) is 0 Å². The lowest BCUT2D eigenvalue weighted by Gasteiger charge is -2.39. The van der Waals surface area contributed by atoms with Gasteiger partial charge in [-0.2, -0.15) is 4.57 Å². The summed E-state index contributed by atoms with van der Waals surface area (Å²) >= 11 is 0. The number of nitrogens with zero attached hydrogens (tertiary/aromatic N) is 2. The van der Waals surface area contributed by atoms with Gasteiger partial charge in [0.25, 0.3) is 11.5 Å². The lowest BCUT2D eigenvalue weighted by atomic mass is 10.0. The van der Waals surface area contributed by atoms with Gasteiger partial charge < -0.3 is 13.9 Å². The highest BCUT2D eigenvalue weighted by Crippen LogP contribution is 2.41. The number of benzene rings is 1. The van der Waals surface area contributed by atoms with Crippen molar-refractivity contribution in [2.75, 3.05) is 20.3 Å². The zero-order chi connectivity index (χ0) is 23.7. The minimum atomic E-state index is -2.10. The molecule has 1 aliphatic heterocycles. The molecule has 174 valence electrons. The molecule has 0 spiro atoms. The molecule has 1 aromatic carbocycles. The van der Waals surface area contributed by atoms with Gasteiger partial charge in [-0.05, 0) is 30.3 Å². The lowest BCUT2D eigenvalue weighted by Crippen LogP contribution is -2.48. The van der Waals surface area contributed by atoms with Gasteiger partial charge in [0, 0.05) is 24.9 Å². The maximum Gasteiger partial charge on any atom is 0.340 e. The molecule has 3 atom stereocenters. The molecule has 0 bridgehead atoms. The number of ether oxygens (including phenoxy) is 2. The summed E-state index contributed by atoms with van der Waals surface area (Å²) < 4.78 is 19.9. The highest BCUT2D eigenvalue weighted by molar-refractivity contribution is 6.74. The summed E-state index contributed by atoms with van der Waals surface area (Å²) in [6, 6.07) is 9.45. The highest BCUT2D eigenvalue weighted by Gasteiger charge is 2.46. The van der Waals surface area contributed by atoms with Crippen LogP contribution in [0.2, 0.25) is 18.1 Å². The number of carbonyl (C=O) groups excluding carboxylic acids is 1. The Balaban J connectivity index is 1.98. The summed E-state index contributed by atoms with van der Waals surface area (Å²) in [5, 5.41) is 0.00881. The Kier molecular flexibility index (Phi) is 7.04. The Hall–Kier alpha value is -2.33. The van der Waals surface area contributed by atoms with Crippen molar-refractivity contribution in [1.29, 1.82) is 0 Å². The summed E-state index contributed by atoms with van der Waals surface area (Å²) in [4.78, 5) is 38.6. The fraction of sp³-hybridized carbons (Fsp3) is 0.522. The Labute approximate surface area is 188 Å². The van der Waals surface area contributed by atoms with E-state index in [2.05, 4.69) is 33.9 Å². The first-order chi connectivity index (χ1) is 15.0. The topological polar surface area (TPSA) is 88.8 Å². The molecule has 0 saturated carbocycles. The van der Waals surface area contributed by atoms with Crippen molar-refractivity contribution in [1.82, 2.24) is 9.13 Å². The third kappa shape index (κ3) is 4.70. The molecule has 1 fully saturated rings. The molecule has 32 heavy (non-hydrogen) atoms. The van der Waals surface area contributed by atoms with Crippen LogP contribution in [0.15, 0.2) is 52.2 Å². The van der Waals surface area contributed by atoms with Crippen LogP contribution < -0.4 is 11.2 Å². The van der Waals surface area contributed by atoms with Crippen LogP contribution in [-0.2, 0) is 13.9 Å². The van der Waals surface area contributed by atoms with Crippen LogP contribution in [0.3, 0.4) is 0 Å². The fourth-order valence-corrected chi connectivity index (χ4v) is 4.91. The highest BCUT2D eigenvalue weighted by atomic mass is 28.4. The molecule has 1 aliphatic rings. The van der Waals surface area contributed by atoms with E-state index in [1.807, 2.05) is 0 Å². The largest absolute Gasteiger partial charge is 0.411 e. The monoisotopic (exact) mass is 460 g/mol. The smallest absolute Gasteiger partial charge is 0.340 e. The van der Waals surface area contributed by atoms with Crippen molar-refractivity contribution in [3.8, 4) is 0 Å². The average Bonchev–Trinajstić information content (AvgIpc) is 3.09. The number of hydrogen-bond donors (Lipinski definition) is 0. The molecule has 1 saturated heterocycles. The van der Waals surface area contributed by atoms with E-state index in [-0.39, 0.29) is 22.6 Å². The van der Waals surface area contributed by atoms with E-state index < -0.39 is 31.7 Å². The third-order valence-corrected chi connectivity index (χ3v) is 10.9. The quantitative estimate of drug-likeness (QED) is 0.616. The van der Waals surface area contributed by atoms with Crippen LogP contribution in [0.1, 0.15) is 37.4 Å². The van der Waals surface area contributed by atoms with Crippen LogP contribution in [0, 0.1) is 5.92 Å². The number of carbonyl (C=O) groups is 1. The second-order valence-electron chi connectivity index (χ2n) is 9.61. The van der Waals surface area contributed by atoms with E-state index in [9.17, 15) is 14.4 Å². The molecule has 3 rings (SSSR count). The zero-order valence-electron chi connectivity index (χ0n) is 19.5. The van der Waals surface area contributed by atoms with Gasteiger partial charge in [0.1, 0.15) is 6.23 Å². The van der Waals surface area contributed by atoms with Gasteiger partial charge in [-0.15, -0.1) is 0 Å². The number of methoxy groups -OCH3 is 1. The number of hydrogen-bond acceptors (Lipinski definition) is 6. The molecule has 0 aliphatic carbocycles. The molecule has 0 unspecified atom stereocenters. The third-order valence-electron chi connectivity index (χ3n) is 6.39. The van der Waals surface area contributed by atoms with E-state index in [0.717, 1.165) is 0 Å². The number of rotatable bonds is 6. The first-order valence-corrected chi connectivity index (χ1v) is 13.6. The standard InChI is InChI=1S/C23H32N2O6Si/c1-23(2,3)32(5,6)31-18-15-30-21(17(18)14-29-4)24-13-12-19(26)25(22(24)28)20(27)16-10-8-7-9-11-16/h7-13,17-18,21H,14-15H2,1-6H3/t17-,18-,21-/m1/s1. The predicted octanol–water partition coefficient (Wildman–Crippen LogP) is 2.88. The summed E-state index contributed by atoms with van der Waals surface area (Å²) in [5.74, 6) is -0.949. The second kappa shape index (κ2) is 9.26. The Morgan fingerprint density at radius 3 is 2.41 bits per heavy atom. The van der Waals surface area contributed by atoms with Crippen molar-refractivity contribution in [3.63, 3.8) is 0 Å². The molecule has 0 amide bonds. The molecule has 1 aromatic heterocycles. The van der Waals surface area contributed by atoms with Gasteiger partial charge in [0.15, 0.2) is 8.32 Å². The van der Waals surface area contributed by atoms with Gasteiger partial charge in [0.05, 0.1) is 25.2 Å². The Morgan fingerprint density at radius 2 is 1.81 bits per heavy atom. The van der Waals surface area contributed by atoms with Crippen LogP contribution in [0.4, 0.5) is 0 Å². The van der Waals surface area contributed by atoms with E-state index in [4.69, 9.17) is 13.9 Å². The molecule has 9 heteroatoms. The van der Waals surface area contributed by atoms with Crippen molar-refractivity contribution < 1.29 is 18.7 Å². The van der Waals surface area contributed by atoms with E-state index in [1.165, 1.54) is 16.8 Å². The maximum absolute atomic E-state index is 13.2. The Morgan fingerprint density at radius 1 is 1.16 bits per heavy atom. The SMILES string of the molecule is COC[C@H]1[C@H](n2ccc(=O)n(C(=O)c3ccccc3)c2=O)OC[C@H]1O[Si](C)(C)C(C)(C)C. The van der Waals surface area contributed by atoms with E-state index in [1.54, 1.807) is 37.4 Å². The fourth-order valence-electron chi connectivity index (χ4n) is 3.55. The van der Waals surface area contributed by atoms with Crippen LogP contribution >= 0.6 is 0 Å². The van der Waals surface area contributed by atoms with Crippen molar-refractivity contribution >= 4 is 14.2 Å². The van der Waals surface area contributed by atoms with E-state index in [0.29, 0.717) is 17.8 Å². The van der Waals surface area contributed by atoms with Gasteiger partial charge in [-0.3, -0.25) is 14.2 Å². The minimum absolute atomic E-state index is 0.00881. The Bertz CT molecular complexity index is 1070. The van der Waals surface area contributed by atoms with Gasteiger partial charge in [0.2, 0.25) is 0 Å². The minimum Gasteiger partial charge on any atom is -0.411 e. The van der Waals surface area contributed by atoms with Crippen molar-refractivity contribution in [2.24, 2.45) is 5.92 Å². The molecule has 0 N–H and O–H groups in total. The number of aromatic nitrogens is 2. The summed E-state index contributed by atoms with van der Waals surface area (Å²) in [6.45, 7) is 11.4. The van der Waals surface area contributed by atoms with E-state index >= 15 is 0 Å². The summed E-state index contributed by atoms with van der Waals surface area (Å²) in [6.07, 6.45) is 0.396. The van der Waals surface area contributed by atoms with Crippen molar-refractivity contribution in [3.05, 3.63) is 69.0 Å². The molecule has 8 nitrogen and oxygen atoms in total. The van der Waals surface area contributed by atoms with Gasteiger partial charge in [-0.25, -0.2) is 4.79 Å². The van der Waals surface area contributed by atoms with Crippen molar-refractivity contribution in [2.45, 2.75) is 51.2 Å². The molecular formula is C23H32N2O6Si. The first kappa shape index (κ1) is 24.3. The normalized spacial score (nSPS) is 21.6. The second-order valence-corrected chi connectivity index (χ2v) is 14.4. The summed E-state index contributed by atoms with van der Waals surface area (Å²) in [7, 11) is -0.514. The average molecular weight is 461 g/mol. The van der Waals surface area contributed by atoms with Gasteiger partial charge >= 0.3 is 5.69 Å². The predicted molar refractivity (Wildman–Crippen MR) is 124 cm³/mol. The maximum atomic E-state index is 13.2. The van der Waals surface area contributed by atoms with Crippen LogP contribution in [0.25, 0.3) is 0 Å².